The Hall–Kier alpha value is -0.820. The predicted octanol–water partition coefficient (Wildman–Crippen LogP) is 3.47. The normalized spacial score (nSPS) is 30.9. The minimum atomic E-state index is 0.00222. The highest BCUT2D eigenvalue weighted by molar-refractivity contribution is 5.27. The Morgan fingerprint density at radius 1 is 1.73 bits per heavy atom. The summed E-state index contributed by atoms with van der Waals surface area (Å²) in [6.45, 7) is 12.7. The highest BCUT2D eigenvalue weighted by Crippen LogP contribution is 2.46. The van der Waals surface area contributed by atoms with Crippen molar-refractivity contribution >= 4 is 0 Å². The van der Waals surface area contributed by atoms with Crippen LogP contribution >= 0.6 is 0 Å². The van der Waals surface area contributed by atoms with Crippen molar-refractivity contribution in [2.45, 2.75) is 33.1 Å². The van der Waals surface area contributed by atoms with Crippen molar-refractivity contribution in [1.82, 2.24) is 0 Å². The van der Waals surface area contributed by atoms with Gasteiger partial charge in [-0.15, -0.1) is 6.58 Å². The smallest absolute Gasteiger partial charge is 0.0468 e. The molecular weight excluding hydrogens is 184 g/mol. The summed E-state index contributed by atoms with van der Waals surface area (Å²) in [7, 11) is 0. The molecule has 0 aromatic rings. The number of rotatable bonds is 4. The van der Waals surface area contributed by atoms with Crippen molar-refractivity contribution in [2.75, 3.05) is 6.61 Å². The second-order valence-corrected chi connectivity index (χ2v) is 4.62. The third-order valence-electron chi connectivity index (χ3n) is 3.72. The van der Waals surface area contributed by atoms with Gasteiger partial charge in [-0.2, -0.15) is 0 Å². The number of allylic oxidation sites excluding steroid dienone is 3. The van der Waals surface area contributed by atoms with E-state index >= 15 is 0 Å². The van der Waals surface area contributed by atoms with E-state index in [-0.39, 0.29) is 12.0 Å². The Balaban J connectivity index is 2.95. The van der Waals surface area contributed by atoms with Crippen molar-refractivity contribution < 1.29 is 5.11 Å². The van der Waals surface area contributed by atoms with Crippen LogP contribution in [0.2, 0.25) is 0 Å². The van der Waals surface area contributed by atoms with Crippen molar-refractivity contribution in [1.29, 1.82) is 0 Å². The zero-order valence-electron chi connectivity index (χ0n) is 9.92. The molecule has 0 aliphatic heterocycles. The van der Waals surface area contributed by atoms with Crippen molar-refractivity contribution in [3.8, 4) is 0 Å². The molecule has 1 N–H and O–H groups in total. The molecule has 1 nitrogen and oxygen atoms in total. The predicted molar refractivity (Wildman–Crippen MR) is 65.6 cm³/mol. The second-order valence-electron chi connectivity index (χ2n) is 4.62. The topological polar surface area (TPSA) is 20.2 Å². The van der Waals surface area contributed by atoms with Crippen LogP contribution in [0.3, 0.4) is 0 Å². The molecule has 1 aliphatic rings. The molecule has 0 aromatic carbocycles. The Bertz CT molecular complexity index is 288. The molecule has 2 unspecified atom stereocenters. The minimum Gasteiger partial charge on any atom is -0.396 e. The lowest BCUT2D eigenvalue weighted by molar-refractivity contribution is 0.260. The maximum absolute atomic E-state index is 9.00. The van der Waals surface area contributed by atoms with Crippen LogP contribution in [0, 0.1) is 11.3 Å². The van der Waals surface area contributed by atoms with Gasteiger partial charge in [-0.3, -0.25) is 0 Å². The van der Waals surface area contributed by atoms with E-state index in [4.69, 9.17) is 5.11 Å². The quantitative estimate of drug-likeness (QED) is 0.698. The molecule has 1 aliphatic carbocycles. The molecule has 0 spiro atoms. The summed E-state index contributed by atoms with van der Waals surface area (Å²) in [5, 5.41) is 9.00. The molecule has 84 valence electrons. The molecule has 0 aromatic heterocycles. The van der Waals surface area contributed by atoms with Gasteiger partial charge in [0.25, 0.3) is 0 Å². The standard InChI is InChI=1S/C14H22O/c1-5-14(12(3)7-9-15)8-6-11(2)10-13(14)4/h5,10,13,15H,1,3,6-9H2,2,4H3. The lowest BCUT2D eigenvalue weighted by atomic mass is 9.64. The van der Waals surface area contributed by atoms with Crippen LogP contribution in [0.5, 0.6) is 0 Å². The van der Waals surface area contributed by atoms with Gasteiger partial charge in [0.15, 0.2) is 0 Å². The van der Waals surface area contributed by atoms with Gasteiger partial charge >= 0.3 is 0 Å². The first-order valence-electron chi connectivity index (χ1n) is 5.67. The fourth-order valence-corrected chi connectivity index (χ4v) is 2.59. The van der Waals surface area contributed by atoms with E-state index in [2.05, 4.69) is 33.1 Å². The van der Waals surface area contributed by atoms with Gasteiger partial charge in [-0.05, 0) is 32.1 Å². The van der Waals surface area contributed by atoms with Crippen LogP contribution < -0.4 is 0 Å². The summed E-state index contributed by atoms with van der Waals surface area (Å²) in [4.78, 5) is 0. The first-order valence-corrected chi connectivity index (χ1v) is 5.67. The van der Waals surface area contributed by atoms with Crippen molar-refractivity contribution in [2.24, 2.45) is 11.3 Å². The van der Waals surface area contributed by atoms with Gasteiger partial charge < -0.3 is 5.11 Å². The van der Waals surface area contributed by atoms with Crippen molar-refractivity contribution in [3.63, 3.8) is 0 Å². The van der Waals surface area contributed by atoms with Crippen LogP contribution in [0.4, 0.5) is 0 Å². The molecular formula is C14H22O. The zero-order valence-corrected chi connectivity index (χ0v) is 9.92. The fraction of sp³-hybridized carbons (Fsp3) is 0.571. The highest BCUT2D eigenvalue weighted by Gasteiger charge is 2.36. The molecule has 2 atom stereocenters. The van der Waals surface area contributed by atoms with E-state index in [0.717, 1.165) is 18.4 Å². The number of hydrogen-bond donors (Lipinski definition) is 1. The Morgan fingerprint density at radius 2 is 2.40 bits per heavy atom. The summed E-state index contributed by atoms with van der Waals surface area (Å²) in [6, 6.07) is 0. The summed E-state index contributed by atoms with van der Waals surface area (Å²) in [6.07, 6.45) is 7.22. The maximum atomic E-state index is 9.00. The SMILES string of the molecule is C=CC1(C(=C)CCO)CCC(C)=CC1C. The fourth-order valence-electron chi connectivity index (χ4n) is 2.59. The average molecular weight is 206 g/mol. The van der Waals surface area contributed by atoms with E-state index in [0.29, 0.717) is 12.3 Å². The summed E-state index contributed by atoms with van der Waals surface area (Å²) < 4.78 is 0. The summed E-state index contributed by atoms with van der Waals surface area (Å²) in [5.74, 6) is 0.447. The molecule has 0 amide bonds. The molecule has 0 saturated heterocycles. The minimum absolute atomic E-state index is 0.00222. The third kappa shape index (κ3) is 2.23. The van der Waals surface area contributed by atoms with E-state index in [1.165, 1.54) is 5.57 Å². The van der Waals surface area contributed by atoms with Gasteiger partial charge in [0.2, 0.25) is 0 Å². The van der Waals surface area contributed by atoms with Gasteiger partial charge in [-0.25, -0.2) is 0 Å². The Morgan fingerprint density at radius 3 is 2.87 bits per heavy atom. The third-order valence-corrected chi connectivity index (χ3v) is 3.72. The Kier molecular flexibility index (Phi) is 3.92. The van der Waals surface area contributed by atoms with Gasteiger partial charge in [-0.1, -0.05) is 36.8 Å². The van der Waals surface area contributed by atoms with Crippen molar-refractivity contribution in [3.05, 3.63) is 36.5 Å². The van der Waals surface area contributed by atoms with E-state index < -0.39 is 0 Å². The van der Waals surface area contributed by atoms with Gasteiger partial charge in [0.05, 0.1) is 0 Å². The summed E-state index contributed by atoms with van der Waals surface area (Å²) >= 11 is 0. The highest BCUT2D eigenvalue weighted by atomic mass is 16.2. The lowest BCUT2D eigenvalue weighted by Crippen LogP contribution is -2.30. The second kappa shape index (κ2) is 4.80. The van der Waals surface area contributed by atoms with E-state index in [9.17, 15) is 0 Å². The maximum Gasteiger partial charge on any atom is 0.0468 e. The van der Waals surface area contributed by atoms with E-state index in [1.54, 1.807) is 0 Å². The van der Waals surface area contributed by atoms with Crippen LogP contribution in [0.15, 0.2) is 36.5 Å². The monoisotopic (exact) mass is 206 g/mol. The van der Waals surface area contributed by atoms with Gasteiger partial charge in [0.1, 0.15) is 0 Å². The Labute approximate surface area is 93.2 Å². The summed E-state index contributed by atoms with van der Waals surface area (Å²) in [5.41, 5.74) is 2.58. The van der Waals surface area contributed by atoms with Gasteiger partial charge in [0, 0.05) is 12.0 Å². The molecule has 0 radical (unpaired) electrons. The molecule has 15 heavy (non-hydrogen) atoms. The largest absolute Gasteiger partial charge is 0.396 e. The molecule has 0 saturated carbocycles. The number of hydrogen-bond acceptors (Lipinski definition) is 1. The van der Waals surface area contributed by atoms with E-state index in [1.807, 2.05) is 6.08 Å². The van der Waals surface area contributed by atoms with Crippen LogP contribution in [0.25, 0.3) is 0 Å². The van der Waals surface area contributed by atoms with Crippen LogP contribution in [0.1, 0.15) is 33.1 Å². The average Bonchev–Trinajstić information content (AvgIpc) is 2.19. The zero-order chi connectivity index (χ0) is 11.5. The number of aliphatic hydroxyl groups is 1. The molecule has 1 heteroatoms. The molecule has 0 fully saturated rings. The lowest BCUT2D eigenvalue weighted by Gasteiger charge is -2.40. The molecule has 0 bridgehead atoms. The first-order chi connectivity index (χ1) is 7.06. The van der Waals surface area contributed by atoms with Crippen LogP contribution in [-0.4, -0.2) is 11.7 Å². The first kappa shape index (κ1) is 12.3. The number of aliphatic hydroxyl groups excluding tert-OH is 1. The molecule has 0 heterocycles. The van der Waals surface area contributed by atoms with Crippen LogP contribution in [-0.2, 0) is 0 Å². The molecule has 1 rings (SSSR count).